The summed E-state index contributed by atoms with van der Waals surface area (Å²) in [4.78, 5) is 18.6. The summed E-state index contributed by atoms with van der Waals surface area (Å²) in [5.41, 5.74) is 3.86. The lowest BCUT2D eigenvalue weighted by molar-refractivity contribution is -0.245. The number of hydrogen-bond donors (Lipinski definition) is 2. The van der Waals surface area contributed by atoms with Gasteiger partial charge in [-0.1, -0.05) is 18.2 Å². The molecule has 3 aliphatic rings. The fraction of sp³-hybridized carbons (Fsp3) is 0.571. The molecule has 1 aromatic carbocycles. The van der Waals surface area contributed by atoms with Crippen molar-refractivity contribution in [3.05, 3.63) is 35.5 Å². The summed E-state index contributed by atoms with van der Waals surface area (Å²) < 4.78 is 10.7. The molecular weight excluding hydrogens is 344 g/mol. The van der Waals surface area contributed by atoms with E-state index in [0.717, 1.165) is 25.9 Å². The van der Waals surface area contributed by atoms with Gasteiger partial charge in [-0.2, -0.15) is 0 Å². The van der Waals surface area contributed by atoms with E-state index in [1.165, 1.54) is 29.3 Å². The van der Waals surface area contributed by atoms with Crippen molar-refractivity contribution in [3.63, 3.8) is 0 Å². The predicted molar refractivity (Wildman–Crippen MR) is 100.0 cm³/mol. The van der Waals surface area contributed by atoms with Crippen LogP contribution < -0.4 is 0 Å². The SMILES string of the molecule is COC(=O)[C@H]1C(O)O[C@H](C)[C@H]2CN3CCc4c([nH]c5ccccc45)[C@H]3C[C@@H]21. The molecule has 1 unspecified atom stereocenters. The number of benzene rings is 1. The maximum Gasteiger partial charge on any atom is 0.314 e. The van der Waals surface area contributed by atoms with Crippen molar-refractivity contribution in [2.75, 3.05) is 20.2 Å². The first-order valence-electron chi connectivity index (χ1n) is 9.83. The summed E-state index contributed by atoms with van der Waals surface area (Å²) in [6.45, 7) is 3.90. The molecular formula is C21H26N2O4. The van der Waals surface area contributed by atoms with E-state index < -0.39 is 12.2 Å². The number of hydrogen-bond acceptors (Lipinski definition) is 5. The van der Waals surface area contributed by atoms with Crippen LogP contribution >= 0.6 is 0 Å². The lowest BCUT2D eigenvalue weighted by Crippen LogP contribution is -2.58. The summed E-state index contributed by atoms with van der Waals surface area (Å²) in [7, 11) is 1.38. The second-order valence-corrected chi connectivity index (χ2v) is 8.17. The third-order valence-corrected chi connectivity index (χ3v) is 6.96. The van der Waals surface area contributed by atoms with E-state index in [0.29, 0.717) is 0 Å². The summed E-state index contributed by atoms with van der Waals surface area (Å²) >= 11 is 0. The largest absolute Gasteiger partial charge is 0.469 e. The van der Waals surface area contributed by atoms with Crippen molar-refractivity contribution >= 4 is 16.9 Å². The van der Waals surface area contributed by atoms with Crippen LogP contribution in [-0.4, -0.2) is 53.6 Å². The minimum Gasteiger partial charge on any atom is -0.469 e. The number of esters is 1. The average Bonchev–Trinajstić information content (AvgIpc) is 3.06. The van der Waals surface area contributed by atoms with Crippen LogP contribution in [0.3, 0.4) is 0 Å². The number of aliphatic hydroxyl groups is 1. The average molecular weight is 370 g/mol. The minimum atomic E-state index is -1.09. The Morgan fingerprint density at radius 1 is 1.33 bits per heavy atom. The van der Waals surface area contributed by atoms with Gasteiger partial charge in [-0.25, -0.2) is 0 Å². The van der Waals surface area contributed by atoms with Gasteiger partial charge < -0.3 is 19.6 Å². The molecule has 0 bridgehead atoms. The molecule has 2 saturated heterocycles. The second kappa shape index (κ2) is 6.33. The number of para-hydroxylation sites is 1. The van der Waals surface area contributed by atoms with Gasteiger partial charge in [-0.3, -0.25) is 9.69 Å². The maximum absolute atomic E-state index is 12.4. The first-order valence-corrected chi connectivity index (χ1v) is 9.83. The van der Waals surface area contributed by atoms with E-state index in [1.807, 2.05) is 6.92 Å². The number of H-pyrrole nitrogens is 1. The van der Waals surface area contributed by atoms with Gasteiger partial charge in [0.15, 0.2) is 6.29 Å². The third-order valence-electron chi connectivity index (χ3n) is 6.96. The maximum atomic E-state index is 12.4. The molecule has 0 radical (unpaired) electrons. The molecule has 0 spiro atoms. The van der Waals surface area contributed by atoms with Crippen molar-refractivity contribution in [2.45, 2.75) is 38.2 Å². The number of fused-ring (bicyclic) bond motifs is 6. The van der Waals surface area contributed by atoms with Gasteiger partial charge in [0.05, 0.1) is 19.3 Å². The van der Waals surface area contributed by atoms with Crippen molar-refractivity contribution in [1.82, 2.24) is 9.88 Å². The number of aliphatic hydroxyl groups excluding tert-OH is 1. The standard InChI is InChI=1S/C21H26N2O4/c1-11-15-10-23-8-7-13-12-5-3-4-6-16(12)22-19(13)17(23)9-14(15)18(20(24)26-2)21(25)27-11/h3-6,11,14-15,17-18,21-22,25H,7-10H2,1-2H3/t11-,14+,15-,17-,18+,21?/m1/s1. The zero-order valence-corrected chi connectivity index (χ0v) is 15.7. The molecule has 4 heterocycles. The number of methoxy groups -OCH3 is 1. The molecule has 144 valence electrons. The van der Waals surface area contributed by atoms with Gasteiger partial charge >= 0.3 is 5.97 Å². The first-order chi connectivity index (χ1) is 13.1. The van der Waals surface area contributed by atoms with Crippen LogP contribution in [0.2, 0.25) is 0 Å². The molecule has 2 aromatic rings. The monoisotopic (exact) mass is 370 g/mol. The zero-order chi connectivity index (χ0) is 18.7. The number of aromatic amines is 1. The molecule has 6 nitrogen and oxygen atoms in total. The molecule has 6 atom stereocenters. The number of piperidine rings is 1. The summed E-state index contributed by atoms with van der Waals surface area (Å²) in [5, 5.41) is 11.7. The number of carbonyl (C=O) groups is 1. The van der Waals surface area contributed by atoms with Gasteiger partial charge in [0.25, 0.3) is 0 Å². The number of nitrogens with one attached hydrogen (secondary N) is 1. The topological polar surface area (TPSA) is 74.8 Å². The molecule has 0 aliphatic carbocycles. The molecule has 6 heteroatoms. The molecule has 1 aromatic heterocycles. The van der Waals surface area contributed by atoms with Crippen LogP contribution in [0.1, 0.15) is 30.6 Å². The molecule has 2 fully saturated rings. The smallest absolute Gasteiger partial charge is 0.314 e. The Kier molecular flexibility index (Phi) is 4.04. The van der Waals surface area contributed by atoms with Crippen molar-refractivity contribution in [2.24, 2.45) is 17.8 Å². The Hall–Kier alpha value is -1.89. The molecule has 3 aliphatic heterocycles. The number of carbonyl (C=O) groups excluding carboxylic acids is 1. The van der Waals surface area contributed by atoms with E-state index in [-0.39, 0.29) is 30.0 Å². The van der Waals surface area contributed by atoms with Crippen LogP contribution in [0.15, 0.2) is 24.3 Å². The van der Waals surface area contributed by atoms with E-state index in [4.69, 9.17) is 9.47 Å². The zero-order valence-electron chi connectivity index (χ0n) is 15.7. The highest BCUT2D eigenvalue weighted by molar-refractivity contribution is 5.85. The highest BCUT2D eigenvalue weighted by atomic mass is 16.6. The first kappa shape index (κ1) is 17.2. The highest BCUT2D eigenvalue weighted by Crippen LogP contribution is 2.49. The molecule has 27 heavy (non-hydrogen) atoms. The van der Waals surface area contributed by atoms with E-state index in [2.05, 4.69) is 34.1 Å². The van der Waals surface area contributed by atoms with Gasteiger partial charge in [0.2, 0.25) is 0 Å². The minimum absolute atomic E-state index is 0.0508. The molecule has 5 rings (SSSR count). The van der Waals surface area contributed by atoms with Crippen LogP contribution in [0.4, 0.5) is 0 Å². The van der Waals surface area contributed by atoms with Crippen molar-refractivity contribution in [1.29, 1.82) is 0 Å². The lowest BCUT2D eigenvalue weighted by atomic mass is 9.68. The number of aromatic nitrogens is 1. The van der Waals surface area contributed by atoms with E-state index in [1.54, 1.807) is 0 Å². The fourth-order valence-corrected chi connectivity index (χ4v) is 5.65. The van der Waals surface area contributed by atoms with Gasteiger partial charge in [0.1, 0.15) is 5.92 Å². The number of ether oxygens (including phenoxy) is 2. The van der Waals surface area contributed by atoms with Gasteiger partial charge in [-0.15, -0.1) is 0 Å². The van der Waals surface area contributed by atoms with Crippen LogP contribution in [0, 0.1) is 17.8 Å². The fourth-order valence-electron chi connectivity index (χ4n) is 5.65. The highest BCUT2D eigenvalue weighted by Gasteiger charge is 2.52. The normalized spacial score (nSPS) is 36.0. The van der Waals surface area contributed by atoms with Gasteiger partial charge in [0, 0.05) is 35.6 Å². The third kappa shape index (κ3) is 2.54. The van der Waals surface area contributed by atoms with Crippen LogP contribution in [0.5, 0.6) is 0 Å². The Bertz CT molecular complexity index is 878. The molecule has 2 N–H and O–H groups in total. The molecule has 0 amide bonds. The summed E-state index contributed by atoms with van der Waals surface area (Å²) in [6.07, 6.45) is 0.697. The summed E-state index contributed by atoms with van der Waals surface area (Å²) in [6, 6.07) is 8.70. The van der Waals surface area contributed by atoms with Crippen LogP contribution in [-0.2, 0) is 20.7 Å². The van der Waals surface area contributed by atoms with Crippen molar-refractivity contribution in [3.8, 4) is 0 Å². The molecule has 0 saturated carbocycles. The lowest BCUT2D eigenvalue weighted by Gasteiger charge is -2.52. The Morgan fingerprint density at radius 3 is 2.96 bits per heavy atom. The van der Waals surface area contributed by atoms with E-state index in [9.17, 15) is 9.90 Å². The number of nitrogens with zero attached hydrogens (tertiary/aromatic N) is 1. The van der Waals surface area contributed by atoms with E-state index >= 15 is 0 Å². The van der Waals surface area contributed by atoms with Crippen molar-refractivity contribution < 1.29 is 19.4 Å². The Morgan fingerprint density at radius 2 is 2.15 bits per heavy atom. The Balaban J connectivity index is 1.54. The predicted octanol–water partition coefficient (Wildman–Crippen LogP) is 2.23. The Labute approximate surface area is 158 Å². The second-order valence-electron chi connectivity index (χ2n) is 8.17. The van der Waals surface area contributed by atoms with Gasteiger partial charge in [-0.05, 0) is 37.3 Å². The van der Waals surface area contributed by atoms with Crippen LogP contribution in [0.25, 0.3) is 10.9 Å². The number of rotatable bonds is 1. The quantitative estimate of drug-likeness (QED) is 0.753. The summed E-state index contributed by atoms with van der Waals surface area (Å²) in [5.74, 6) is -0.715.